The van der Waals surface area contributed by atoms with Crippen molar-refractivity contribution in [3.63, 3.8) is 0 Å². The number of nitrogens with zero attached hydrogens (tertiary/aromatic N) is 7. The highest BCUT2D eigenvalue weighted by Gasteiger charge is 2.45. The normalized spacial score (nSPS) is 22.8. The first-order valence-electron chi connectivity index (χ1n) is 10.7. The Morgan fingerprint density at radius 1 is 1.27 bits per heavy atom. The number of likely N-dealkylation sites (tertiary alicyclic amines) is 1. The SMILES string of the molecule is C[C@H]1CC2CN(C(=O)/C=C/C(F)(F)c3cccn4ncnc34)CC1N2c1ccc(C#N)cn1. The molecule has 0 spiro atoms. The predicted molar refractivity (Wildman–Crippen MR) is 115 cm³/mol. The van der Waals surface area contributed by atoms with Crippen molar-refractivity contribution < 1.29 is 13.6 Å². The van der Waals surface area contributed by atoms with Crippen molar-refractivity contribution in [3.8, 4) is 6.07 Å². The number of aromatic nitrogens is 4. The number of carbonyl (C=O) groups excluding carboxylic acids is 1. The molecule has 2 aliphatic rings. The van der Waals surface area contributed by atoms with Crippen molar-refractivity contribution >= 4 is 17.4 Å². The van der Waals surface area contributed by atoms with Crippen LogP contribution in [0.2, 0.25) is 0 Å². The first-order chi connectivity index (χ1) is 15.9. The lowest BCUT2D eigenvalue weighted by molar-refractivity contribution is -0.127. The molecule has 168 valence electrons. The summed E-state index contributed by atoms with van der Waals surface area (Å²) in [6.07, 6.45) is 6.76. The average molecular weight is 449 g/mol. The number of piperazine rings is 1. The minimum Gasteiger partial charge on any atom is -0.347 e. The summed E-state index contributed by atoms with van der Waals surface area (Å²) in [6.45, 7) is 2.98. The lowest BCUT2D eigenvalue weighted by Gasteiger charge is -2.42. The molecule has 5 heterocycles. The van der Waals surface area contributed by atoms with Gasteiger partial charge in [-0.25, -0.2) is 14.5 Å². The third-order valence-electron chi connectivity index (χ3n) is 6.44. The Morgan fingerprint density at radius 2 is 2.12 bits per heavy atom. The first-order valence-corrected chi connectivity index (χ1v) is 10.7. The number of rotatable bonds is 4. The Kier molecular flexibility index (Phi) is 5.04. The van der Waals surface area contributed by atoms with E-state index in [1.54, 1.807) is 11.0 Å². The van der Waals surface area contributed by atoms with Crippen molar-refractivity contribution in [2.75, 3.05) is 18.0 Å². The molecule has 0 saturated carbocycles. The van der Waals surface area contributed by atoms with Gasteiger partial charge < -0.3 is 9.80 Å². The van der Waals surface area contributed by atoms with E-state index in [9.17, 15) is 13.6 Å². The number of carbonyl (C=O) groups is 1. The maximum atomic E-state index is 14.9. The highest BCUT2D eigenvalue weighted by Crippen LogP contribution is 2.38. The molecule has 2 unspecified atom stereocenters. The number of fused-ring (bicyclic) bond motifs is 3. The molecule has 2 saturated heterocycles. The Hall–Kier alpha value is -3.87. The number of anilines is 1. The summed E-state index contributed by atoms with van der Waals surface area (Å²) in [5, 5.41) is 12.9. The van der Waals surface area contributed by atoms with E-state index >= 15 is 0 Å². The second kappa shape index (κ2) is 7.92. The zero-order chi connectivity index (χ0) is 23.2. The van der Waals surface area contributed by atoms with Gasteiger partial charge in [0.25, 0.3) is 5.92 Å². The van der Waals surface area contributed by atoms with Crippen LogP contribution >= 0.6 is 0 Å². The molecule has 2 aliphatic heterocycles. The first kappa shape index (κ1) is 21.0. The number of halogens is 2. The summed E-state index contributed by atoms with van der Waals surface area (Å²) < 4.78 is 31.0. The van der Waals surface area contributed by atoms with Crippen molar-refractivity contribution in [1.82, 2.24) is 24.5 Å². The molecule has 3 atom stereocenters. The van der Waals surface area contributed by atoms with Crippen molar-refractivity contribution in [2.24, 2.45) is 5.92 Å². The van der Waals surface area contributed by atoms with Gasteiger partial charge in [-0.3, -0.25) is 4.79 Å². The van der Waals surface area contributed by atoms with Gasteiger partial charge in [-0.15, -0.1) is 0 Å². The van der Waals surface area contributed by atoms with Gasteiger partial charge >= 0.3 is 0 Å². The zero-order valence-corrected chi connectivity index (χ0v) is 17.8. The quantitative estimate of drug-likeness (QED) is 0.569. The molecule has 8 nitrogen and oxygen atoms in total. The molecule has 2 bridgehead atoms. The molecule has 5 rings (SSSR count). The lowest BCUT2D eigenvalue weighted by atomic mass is 10.0. The highest BCUT2D eigenvalue weighted by molar-refractivity contribution is 5.88. The summed E-state index contributed by atoms with van der Waals surface area (Å²) in [4.78, 5) is 25.0. The standard InChI is InChI=1S/C23H21F2N7O/c1-15-9-17-12-30(13-19(15)32(17)20-5-4-16(10-26)11-27-20)21(33)6-7-23(24,25)18-3-2-8-31-22(18)28-14-29-31/h2-8,11,14-15,17,19H,9,12-13H2,1H3/b7-6+/t15-,17?,19?/m0/s1. The lowest BCUT2D eigenvalue weighted by Crippen LogP contribution is -2.56. The highest BCUT2D eigenvalue weighted by atomic mass is 19.3. The van der Waals surface area contributed by atoms with Crippen LogP contribution in [-0.2, 0) is 10.7 Å². The molecule has 2 fully saturated rings. The van der Waals surface area contributed by atoms with Crippen LogP contribution < -0.4 is 4.90 Å². The van der Waals surface area contributed by atoms with Crippen LogP contribution in [0.15, 0.2) is 55.1 Å². The van der Waals surface area contributed by atoms with E-state index in [1.165, 1.54) is 35.4 Å². The molecule has 1 amide bonds. The topological polar surface area (TPSA) is 90.4 Å². The number of alkyl halides is 2. The third kappa shape index (κ3) is 3.69. The molecule has 0 aromatic carbocycles. The van der Waals surface area contributed by atoms with Crippen LogP contribution in [0.3, 0.4) is 0 Å². The van der Waals surface area contributed by atoms with Crippen molar-refractivity contribution in [1.29, 1.82) is 5.26 Å². The van der Waals surface area contributed by atoms with Crippen LogP contribution in [0.1, 0.15) is 24.5 Å². The number of allylic oxidation sites excluding steroid dienone is 1. The van der Waals surface area contributed by atoms with Crippen LogP contribution in [0, 0.1) is 17.2 Å². The third-order valence-corrected chi connectivity index (χ3v) is 6.44. The second-order valence-corrected chi connectivity index (χ2v) is 8.51. The van der Waals surface area contributed by atoms with E-state index in [4.69, 9.17) is 5.26 Å². The zero-order valence-electron chi connectivity index (χ0n) is 17.8. The summed E-state index contributed by atoms with van der Waals surface area (Å²) in [7, 11) is 0. The van der Waals surface area contributed by atoms with E-state index in [0.29, 0.717) is 30.6 Å². The van der Waals surface area contributed by atoms with Crippen LogP contribution in [-0.4, -0.2) is 55.6 Å². The fraction of sp³-hybridized carbons (Fsp3) is 0.348. The van der Waals surface area contributed by atoms with Crippen LogP contribution in [0.4, 0.5) is 14.6 Å². The number of hydrogen-bond acceptors (Lipinski definition) is 6. The molecule has 0 radical (unpaired) electrons. The Bertz CT molecular complexity index is 1260. The molecule has 0 aliphatic carbocycles. The van der Waals surface area contributed by atoms with Gasteiger partial charge in [-0.05, 0) is 42.7 Å². The summed E-state index contributed by atoms with van der Waals surface area (Å²) in [5.74, 6) is -2.73. The molecule has 33 heavy (non-hydrogen) atoms. The summed E-state index contributed by atoms with van der Waals surface area (Å²) in [5.41, 5.74) is 0.229. The van der Waals surface area contributed by atoms with Crippen molar-refractivity contribution in [2.45, 2.75) is 31.4 Å². The smallest absolute Gasteiger partial charge is 0.295 e. The Labute approximate surface area is 188 Å². The van der Waals surface area contributed by atoms with Gasteiger partial charge in [0.05, 0.1) is 17.2 Å². The Morgan fingerprint density at radius 3 is 2.85 bits per heavy atom. The minimum atomic E-state index is -3.37. The van der Waals surface area contributed by atoms with Crippen LogP contribution in [0.25, 0.3) is 5.65 Å². The Balaban J connectivity index is 1.33. The van der Waals surface area contributed by atoms with Gasteiger partial charge in [0.1, 0.15) is 18.2 Å². The maximum Gasteiger partial charge on any atom is 0.295 e. The van der Waals surface area contributed by atoms with E-state index in [2.05, 4.69) is 33.0 Å². The van der Waals surface area contributed by atoms with Gasteiger partial charge in [0.2, 0.25) is 5.91 Å². The minimum absolute atomic E-state index is 0.0341. The van der Waals surface area contributed by atoms with E-state index in [1.807, 2.05) is 6.07 Å². The van der Waals surface area contributed by atoms with Crippen LogP contribution in [0.5, 0.6) is 0 Å². The van der Waals surface area contributed by atoms with Gasteiger partial charge in [-0.2, -0.15) is 19.1 Å². The molecule has 10 heteroatoms. The molecular weight excluding hydrogens is 428 g/mol. The molecule has 3 aromatic heterocycles. The number of pyridine rings is 2. The second-order valence-electron chi connectivity index (χ2n) is 8.51. The van der Waals surface area contributed by atoms with Gasteiger partial charge in [0.15, 0.2) is 5.65 Å². The summed E-state index contributed by atoms with van der Waals surface area (Å²) in [6, 6.07) is 8.43. The van der Waals surface area contributed by atoms with E-state index < -0.39 is 11.8 Å². The predicted octanol–water partition coefficient (Wildman–Crippen LogP) is 2.77. The fourth-order valence-corrected chi connectivity index (χ4v) is 4.85. The van der Waals surface area contributed by atoms with Gasteiger partial charge in [-0.1, -0.05) is 6.92 Å². The fourth-order valence-electron chi connectivity index (χ4n) is 4.85. The van der Waals surface area contributed by atoms with Gasteiger partial charge in [0, 0.05) is 37.6 Å². The summed E-state index contributed by atoms with van der Waals surface area (Å²) >= 11 is 0. The number of amides is 1. The average Bonchev–Trinajstić information content (AvgIpc) is 3.37. The van der Waals surface area contributed by atoms with E-state index in [-0.39, 0.29) is 23.3 Å². The number of nitriles is 1. The monoisotopic (exact) mass is 449 g/mol. The van der Waals surface area contributed by atoms with E-state index in [0.717, 1.165) is 18.3 Å². The molecule has 3 aromatic rings. The maximum absolute atomic E-state index is 14.9. The largest absolute Gasteiger partial charge is 0.347 e. The number of hydrogen-bond donors (Lipinski definition) is 0. The molecule has 0 N–H and O–H groups in total. The molecular formula is C23H21F2N7O. The van der Waals surface area contributed by atoms with Crippen molar-refractivity contribution in [3.05, 3.63) is 66.3 Å².